The van der Waals surface area contributed by atoms with Gasteiger partial charge in [0.15, 0.2) is 0 Å². The van der Waals surface area contributed by atoms with Gasteiger partial charge in [0.1, 0.15) is 18.2 Å². The van der Waals surface area contributed by atoms with Crippen molar-refractivity contribution >= 4 is 18.0 Å². The molecule has 1 fully saturated rings. The fourth-order valence-electron chi connectivity index (χ4n) is 8.20. The molecular weight excluding hydrogens is 677 g/mol. The van der Waals surface area contributed by atoms with Crippen LogP contribution in [0.4, 0.5) is 4.79 Å². The maximum atomic E-state index is 13.5. The van der Waals surface area contributed by atoms with E-state index in [4.69, 9.17) is 9.47 Å². The first-order valence-electron chi connectivity index (χ1n) is 18.8. The first-order chi connectivity index (χ1) is 26.4. The summed E-state index contributed by atoms with van der Waals surface area (Å²) in [5.41, 5.74) is 6.48. The highest BCUT2D eigenvalue weighted by atomic mass is 16.6. The Kier molecular flexibility index (Phi) is 11.2. The van der Waals surface area contributed by atoms with Crippen molar-refractivity contribution in [2.75, 3.05) is 33.4 Å². The van der Waals surface area contributed by atoms with Crippen LogP contribution in [0, 0.1) is 5.92 Å². The number of carbonyl (C=O) groups excluding carboxylic acids is 2. The van der Waals surface area contributed by atoms with Crippen molar-refractivity contribution in [2.24, 2.45) is 5.92 Å². The number of piperidine rings is 1. The molecule has 54 heavy (non-hydrogen) atoms. The minimum Gasteiger partial charge on any atom is -0.480 e. The number of carboxylic acid groups (broad SMARTS) is 1. The largest absolute Gasteiger partial charge is 0.480 e. The molecule has 0 radical (unpaired) electrons. The van der Waals surface area contributed by atoms with Crippen LogP contribution in [0.2, 0.25) is 0 Å². The van der Waals surface area contributed by atoms with Crippen molar-refractivity contribution in [3.63, 3.8) is 0 Å². The number of carboxylic acids is 1. The molecule has 1 saturated heterocycles. The molecule has 2 amide bonds. The van der Waals surface area contributed by atoms with Gasteiger partial charge in [-0.3, -0.25) is 9.69 Å². The Labute approximate surface area is 317 Å². The summed E-state index contributed by atoms with van der Waals surface area (Å²) in [5.74, 6) is -1.14. The first-order valence-corrected chi connectivity index (χ1v) is 18.8. The zero-order valence-electron chi connectivity index (χ0n) is 30.6. The molecule has 0 saturated carbocycles. The fraction of sp³-hybridized carbons (Fsp3) is 0.283. The molecule has 0 spiro atoms. The van der Waals surface area contributed by atoms with Crippen LogP contribution in [0.25, 0.3) is 11.1 Å². The monoisotopic (exact) mass is 722 g/mol. The SMILES string of the molecule is CN(C(=O)OCC1c2ccccc2-c2ccccc21)[C@@H](CC1CCN(C(=O)CCOC(c2ccccc2)(c2ccccc2)c2ccccc2)CC1)C(=O)O. The van der Waals surface area contributed by atoms with Crippen LogP contribution >= 0.6 is 0 Å². The summed E-state index contributed by atoms with van der Waals surface area (Å²) in [7, 11) is 1.50. The van der Waals surface area contributed by atoms with Crippen molar-refractivity contribution in [1.82, 2.24) is 9.80 Å². The molecule has 0 unspecified atom stereocenters. The van der Waals surface area contributed by atoms with Crippen LogP contribution in [0.1, 0.15) is 59.4 Å². The molecule has 1 N–H and O–H groups in total. The summed E-state index contributed by atoms with van der Waals surface area (Å²) >= 11 is 0. The lowest BCUT2D eigenvalue weighted by molar-refractivity contribution is -0.143. The molecular formula is C46H46N2O6. The van der Waals surface area contributed by atoms with Gasteiger partial charge in [-0.2, -0.15) is 0 Å². The average Bonchev–Trinajstić information content (AvgIpc) is 3.54. The predicted molar refractivity (Wildman–Crippen MR) is 208 cm³/mol. The van der Waals surface area contributed by atoms with Crippen LogP contribution in [-0.2, 0) is 24.7 Å². The number of ether oxygens (including phenoxy) is 2. The second kappa shape index (κ2) is 16.5. The molecule has 2 aliphatic rings. The zero-order chi connectivity index (χ0) is 37.5. The van der Waals surface area contributed by atoms with E-state index in [1.165, 1.54) is 11.9 Å². The number of likely N-dealkylation sites (tertiary alicyclic amines) is 1. The lowest BCUT2D eigenvalue weighted by Crippen LogP contribution is -2.46. The lowest BCUT2D eigenvalue weighted by Gasteiger charge is -2.37. The van der Waals surface area contributed by atoms with Gasteiger partial charge >= 0.3 is 12.1 Å². The Bertz CT molecular complexity index is 1900. The first kappa shape index (κ1) is 36.6. The van der Waals surface area contributed by atoms with Gasteiger partial charge in [-0.25, -0.2) is 9.59 Å². The lowest BCUT2D eigenvalue weighted by atomic mass is 9.80. The van der Waals surface area contributed by atoms with E-state index in [-0.39, 0.29) is 43.8 Å². The molecule has 1 atom stereocenters. The van der Waals surface area contributed by atoms with E-state index in [1.54, 1.807) is 0 Å². The molecule has 276 valence electrons. The third-order valence-electron chi connectivity index (χ3n) is 11.1. The van der Waals surface area contributed by atoms with Gasteiger partial charge in [-0.1, -0.05) is 140 Å². The Morgan fingerprint density at radius 3 is 1.67 bits per heavy atom. The van der Waals surface area contributed by atoms with Crippen molar-refractivity contribution < 1.29 is 29.0 Å². The summed E-state index contributed by atoms with van der Waals surface area (Å²) in [6.45, 7) is 1.37. The van der Waals surface area contributed by atoms with Gasteiger partial charge in [-0.05, 0) is 64.1 Å². The van der Waals surface area contributed by atoms with Gasteiger partial charge in [0, 0.05) is 26.1 Å². The van der Waals surface area contributed by atoms with Gasteiger partial charge in [0.2, 0.25) is 5.91 Å². The number of aliphatic carboxylic acids is 1. The van der Waals surface area contributed by atoms with Crippen LogP contribution in [-0.4, -0.2) is 72.3 Å². The van der Waals surface area contributed by atoms with Crippen molar-refractivity contribution in [1.29, 1.82) is 0 Å². The second-order valence-electron chi connectivity index (χ2n) is 14.2. The highest BCUT2D eigenvalue weighted by Gasteiger charge is 2.38. The number of amides is 2. The Balaban J connectivity index is 0.941. The molecule has 7 rings (SSSR count). The van der Waals surface area contributed by atoms with Crippen molar-refractivity contribution in [3.05, 3.63) is 167 Å². The Morgan fingerprint density at radius 2 is 1.19 bits per heavy atom. The van der Waals surface area contributed by atoms with E-state index in [2.05, 4.69) is 60.7 Å². The number of hydrogen-bond acceptors (Lipinski definition) is 5. The summed E-state index contributed by atoms with van der Waals surface area (Å²) < 4.78 is 12.6. The van der Waals surface area contributed by atoms with Gasteiger partial charge < -0.3 is 19.5 Å². The predicted octanol–water partition coefficient (Wildman–Crippen LogP) is 8.35. The highest BCUT2D eigenvalue weighted by Crippen LogP contribution is 2.45. The minimum absolute atomic E-state index is 0.00192. The topological polar surface area (TPSA) is 96.4 Å². The Hall–Kier alpha value is -5.73. The van der Waals surface area contributed by atoms with E-state index in [9.17, 15) is 19.5 Å². The molecule has 0 aromatic heterocycles. The van der Waals surface area contributed by atoms with E-state index in [1.807, 2.05) is 83.8 Å². The maximum absolute atomic E-state index is 13.5. The number of fused-ring (bicyclic) bond motifs is 3. The highest BCUT2D eigenvalue weighted by molar-refractivity contribution is 5.81. The minimum atomic E-state index is -1.07. The maximum Gasteiger partial charge on any atom is 0.410 e. The molecule has 5 aromatic carbocycles. The van der Waals surface area contributed by atoms with E-state index < -0.39 is 23.7 Å². The third kappa shape index (κ3) is 7.52. The van der Waals surface area contributed by atoms with Crippen molar-refractivity contribution in [2.45, 2.75) is 43.2 Å². The molecule has 5 aromatic rings. The molecule has 0 bridgehead atoms. The van der Waals surface area contributed by atoms with Crippen LogP contribution in [0.5, 0.6) is 0 Å². The molecule has 8 heteroatoms. The summed E-state index contributed by atoms with van der Waals surface area (Å²) in [6.07, 6.45) is 1.14. The number of benzene rings is 5. The third-order valence-corrected chi connectivity index (χ3v) is 11.1. The normalized spacial score (nSPS) is 14.9. The number of carbonyl (C=O) groups is 3. The number of likely N-dealkylation sites (N-methyl/N-ethyl adjacent to an activating group) is 1. The zero-order valence-corrected chi connectivity index (χ0v) is 30.6. The van der Waals surface area contributed by atoms with Gasteiger partial charge in [0.25, 0.3) is 0 Å². The van der Waals surface area contributed by atoms with E-state index in [0.29, 0.717) is 25.9 Å². The standard InChI is InChI=1S/C46H46N2O6/c1-47(45(52)53-32-41-39-23-13-11-21-37(39)38-22-12-14-24-40(38)41)42(44(50)51)31-33-25-28-48(29-26-33)43(49)27-30-54-46(34-15-5-2-6-16-34,35-17-7-3-8-18-35)36-19-9-4-10-20-36/h2-24,33,41-42H,25-32H2,1H3,(H,50,51)/t42-/m0/s1. The summed E-state index contributed by atoms with van der Waals surface area (Å²) in [5, 5.41) is 10.2. The van der Waals surface area contributed by atoms with E-state index >= 15 is 0 Å². The number of nitrogens with zero attached hydrogens (tertiary/aromatic N) is 2. The fourth-order valence-corrected chi connectivity index (χ4v) is 8.20. The van der Waals surface area contributed by atoms with Crippen LogP contribution in [0.15, 0.2) is 140 Å². The second-order valence-corrected chi connectivity index (χ2v) is 14.2. The number of hydrogen-bond donors (Lipinski definition) is 1. The Morgan fingerprint density at radius 1 is 0.722 bits per heavy atom. The number of rotatable bonds is 13. The van der Waals surface area contributed by atoms with Crippen LogP contribution < -0.4 is 0 Å². The summed E-state index contributed by atoms with van der Waals surface area (Å²) in [4.78, 5) is 42.3. The molecule has 8 nitrogen and oxygen atoms in total. The molecule has 1 heterocycles. The molecule has 1 aliphatic carbocycles. The van der Waals surface area contributed by atoms with Gasteiger partial charge in [0.05, 0.1) is 13.0 Å². The van der Waals surface area contributed by atoms with Crippen molar-refractivity contribution in [3.8, 4) is 11.1 Å². The van der Waals surface area contributed by atoms with Gasteiger partial charge in [-0.15, -0.1) is 0 Å². The smallest absolute Gasteiger partial charge is 0.410 e. The average molecular weight is 723 g/mol. The molecule has 1 aliphatic heterocycles. The summed E-state index contributed by atoms with van der Waals surface area (Å²) in [6, 6.07) is 45.5. The van der Waals surface area contributed by atoms with E-state index in [0.717, 1.165) is 38.9 Å². The quantitative estimate of drug-likeness (QED) is 0.123. The van der Waals surface area contributed by atoms with Crippen LogP contribution in [0.3, 0.4) is 0 Å².